The fourth-order valence-electron chi connectivity index (χ4n) is 2.70. The lowest BCUT2D eigenvalue weighted by Gasteiger charge is -2.36. The number of hydrogen-bond donors (Lipinski definition) is 1. The van der Waals surface area contributed by atoms with E-state index in [0.29, 0.717) is 22.6 Å². The highest BCUT2D eigenvalue weighted by molar-refractivity contribution is 5.82. The van der Waals surface area contributed by atoms with E-state index in [2.05, 4.69) is 0 Å². The lowest BCUT2D eigenvalue weighted by Crippen LogP contribution is -2.36. The van der Waals surface area contributed by atoms with Gasteiger partial charge in [-0.15, -0.1) is 0 Å². The van der Waals surface area contributed by atoms with Crippen molar-refractivity contribution >= 4 is 12.0 Å². The molecule has 1 aliphatic heterocycles. The van der Waals surface area contributed by atoms with Crippen molar-refractivity contribution in [1.82, 2.24) is 4.57 Å². The summed E-state index contributed by atoms with van der Waals surface area (Å²) in [6.07, 6.45) is 2.28. The molecule has 118 valence electrons. The lowest BCUT2D eigenvalue weighted by molar-refractivity contribution is 0.112. The van der Waals surface area contributed by atoms with E-state index in [-0.39, 0.29) is 11.3 Å². The van der Waals surface area contributed by atoms with Gasteiger partial charge in [-0.25, -0.2) is 0 Å². The molecule has 0 saturated carbocycles. The largest absolute Gasteiger partial charge is 0.508 e. The predicted molar refractivity (Wildman–Crippen MR) is 86.9 cm³/mol. The van der Waals surface area contributed by atoms with E-state index in [1.165, 1.54) is 16.8 Å². The number of aromatic hydroxyl groups is 1. The first-order valence-electron chi connectivity index (χ1n) is 7.25. The van der Waals surface area contributed by atoms with Crippen LogP contribution in [0.25, 0.3) is 5.70 Å². The third-order valence-electron chi connectivity index (χ3n) is 4.16. The molecule has 1 aromatic carbocycles. The Morgan fingerprint density at radius 1 is 1.22 bits per heavy atom. The minimum Gasteiger partial charge on any atom is -0.508 e. The van der Waals surface area contributed by atoms with Crippen LogP contribution in [0.4, 0.5) is 0 Å². The van der Waals surface area contributed by atoms with Gasteiger partial charge in [0.1, 0.15) is 23.4 Å². The van der Waals surface area contributed by atoms with Crippen LogP contribution < -0.4 is 10.3 Å². The monoisotopic (exact) mass is 311 g/mol. The Bertz CT molecular complexity index is 890. The molecule has 0 fully saturated rings. The molecule has 23 heavy (non-hydrogen) atoms. The van der Waals surface area contributed by atoms with Gasteiger partial charge in [0.15, 0.2) is 0 Å². The maximum atomic E-state index is 12.3. The van der Waals surface area contributed by atoms with Crippen LogP contribution >= 0.6 is 0 Å². The van der Waals surface area contributed by atoms with Gasteiger partial charge in [0, 0.05) is 23.4 Å². The molecule has 1 N–H and O–H groups in total. The number of rotatable bonds is 2. The van der Waals surface area contributed by atoms with E-state index in [1.54, 1.807) is 18.2 Å². The summed E-state index contributed by atoms with van der Waals surface area (Å²) in [5.74, 6) is 0.527. The average Bonchev–Trinajstić information content (AvgIpc) is 2.49. The lowest BCUT2D eigenvalue weighted by atomic mass is 9.90. The molecule has 0 amide bonds. The molecule has 0 saturated heterocycles. The van der Waals surface area contributed by atoms with E-state index in [1.807, 2.05) is 20.8 Å². The van der Waals surface area contributed by atoms with E-state index in [0.717, 1.165) is 17.9 Å². The number of carbonyl (C=O) groups is 1. The van der Waals surface area contributed by atoms with Crippen molar-refractivity contribution < 1.29 is 14.6 Å². The van der Waals surface area contributed by atoms with Crippen LogP contribution in [0.5, 0.6) is 11.5 Å². The van der Waals surface area contributed by atoms with Crippen molar-refractivity contribution in [2.75, 3.05) is 0 Å². The summed E-state index contributed by atoms with van der Waals surface area (Å²) in [6.45, 7) is 5.74. The zero-order valence-electron chi connectivity index (χ0n) is 13.2. The van der Waals surface area contributed by atoms with E-state index in [9.17, 15) is 14.7 Å². The first-order valence-corrected chi connectivity index (χ1v) is 7.25. The summed E-state index contributed by atoms with van der Waals surface area (Å²) >= 11 is 0. The average molecular weight is 311 g/mol. The molecule has 0 aliphatic carbocycles. The summed E-state index contributed by atoms with van der Waals surface area (Å²) in [4.78, 5) is 23.4. The summed E-state index contributed by atoms with van der Waals surface area (Å²) in [5, 5.41) is 9.48. The topological polar surface area (TPSA) is 68.5 Å². The first kappa shape index (κ1) is 15.1. The van der Waals surface area contributed by atoms with Gasteiger partial charge in [-0.3, -0.25) is 14.2 Å². The number of fused-ring (bicyclic) bond motifs is 1. The number of aromatic nitrogens is 1. The highest BCUT2D eigenvalue weighted by Gasteiger charge is 2.33. The zero-order valence-corrected chi connectivity index (χ0v) is 13.2. The second kappa shape index (κ2) is 5.12. The first-order chi connectivity index (χ1) is 10.8. The number of nitrogens with zero attached hydrogens (tertiary/aromatic N) is 1. The Morgan fingerprint density at radius 3 is 2.61 bits per heavy atom. The van der Waals surface area contributed by atoms with Gasteiger partial charge in [-0.1, -0.05) is 0 Å². The number of pyridine rings is 1. The third kappa shape index (κ3) is 2.44. The van der Waals surface area contributed by atoms with Gasteiger partial charge in [0.2, 0.25) is 0 Å². The second-order valence-electron chi connectivity index (χ2n) is 6.05. The van der Waals surface area contributed by atoms with Gasteiger partial charge in [0.05, 0.1) is 5.70 Å². The predicted octanol–water partition coefficient (Wildman–Crippen LogP) is 2.82. The fourth-order valence-corrected chi connectivity index (χ4v) is 2.70. The Balaban J connectivity index is 2.35. The van der Waals surface area contributed by atoms with Crippen LogP contribution in [0.15, 0.2) is 46.9 Å². The van der Waals surface area contributed by atoms with E-state index < -0.39 is 5.60 Å². The molecule has 1 aliphatic rings. The van der Waals surface area contributed by atoms with E-state index >= 15 is 0 Å². The van der Waals surface area contributed by atoms with Crippen LogP contribution in [-0.4, -0.2) is 21.6 Å². The molecule has 0 radical (unpaired) electrons. The molecule has 0 atom stereocenters. The molecule has 2 aromatic rings. The number of benzene rings is 1. The molecule has 5 heteroatoms. The van der Waals surface area contributed by atoms with Crippen LogP contribution in [0.2, 0.25) is 0 Å². The number of aldehydes is 1. The van der Waals surface area contributed by atoms with Gasteiger partial charge >= 0.3 is 0 Å². The van der Waals surface area contributed by atoms with Crippen molar-refractivity contribution in [2.24, 2.45) is 0 Å². The second-order valence-corrected chi connectivity index (χ2v) is 6.05. The van der Waals surface area contributed by atoms with Gasteiger partial charge < -0.3 is 9.84 Å². The van der Waals surface area contributed by atoms with Crippen molar-refractivity contribution in [1.29, 1.82) is 0 Å². The van der Waals surface area contributed by atoms with Crippen molar-refractivity contribution in [3.8, 4) is 11.5 Å². The molecule has 1 aromatic heterocycles. The van der Waals surface area contributed by atoms with Crippen LogP contribution in [-0.2, 0) is 0 Å². The summed E-state index contributed by atoms with van der Waals surface area (Å²) in [7, 11) is 0. The van der Waals surface area contributed by atoms with E-state index in [4.69, 9.17) is 4.74 Å². The molecule has 3 rings (SSSR count). The number of ether oxygens (including phenoxy) is 1. The smallest absolute Gasteiger partial charge is 0.258 e. The maximum Gasteiger partial charge on any atom is 0.258 e. The van der Waals surface area contributed by atoms with Crippen LogP contribution in [0.1, 0.15) is 36.7 Å². The Kier molecular flexibility index (Phi) is 3.36. The normalized spacial score (nSPS) is 15.8. The highest BCUT2D eigenvalue weighted by Crippen LogP contribution is 2.41. The Hall–Kier alpha value is -2.82. The standard InChI is InChI=1S/C18H17NO4/c1-11-17(19-7-6-13(21)9-16(19)22)14-8-12(10-20)4-5-15(14)23-18(11,2)3/h4-10,21H,1-3H3. The summed E-state index contributed by atoms with van der Waals surface area (Å²) < 4.78 is 7.47. The number of carbonyl (C=O) groups excluding carboxylic acids is 1. The van der Waals surface area contributed by atoms with Gasteiger partial charge in [-0.05, 0) is 50.6 Å². The van der Waals surface area contributed by atoms with Crippen LogP contribution in [0.3, 0.4) is 0 Å². The van der Waals surface area contributed by atoms with Crippen molar-refractivity contribution in [3.05, 3.63) is 63.6 Å². The van der Waals surface area contributed by atoms with Gasteiger partial charge in [-0.2, -0.15) is 0 Å². The third-order valence-corrected chi connectivity index (χ3v) is 4.16. The maximum absolute atomic E-state index is 12.3. The Morgan fingerprint density at radius 2 is 1.96 bits per heavy atom. The molecule has 0 bridgehead atoms. The SMILES string of the molecule is CC1=C(n2ccc(O)cc2=O)c2cc(C=O)ccc2OC1(C)C. The minimum absolute atomic E-state index is 0.0855. The van der Waals surface area contributed by atoms with Crippen molar-refractivity contribution in [2.45, 2.75) is 26.4 Å². The summed E-state index contributed by atoms with van der Waals surface area (Å²) in [5.41, 5.74) is 1.77. The molecule has 0 spiro atoms. The Labute approximate surface area is 133 Å². The van der Waals surface area contributed by atoms with Gasteiger partial charge in [0.25, 0.3) is 5.56 Å². The molecule has 5 nitrogen and oxygen atoms in total. The van der Waals surface area contributed by atoms with Crippen molar-refractivity contribution in [3.63, 3.8) is 0 Å². The zero-order chi connectivity index (χ0) is 16.8. The quantitative estimate of drug-likeness (QED) is 0.866. The molecular formula is C18H17NO4. The molecule has 2 heterocycles. The molecule has 0 unspecified atom stereocenters. The molecular weight excluding hydrogens is 294 g/mol. The summed E-state index contributed by atoms with van der Waals surface area (Å²) in [6, 6.07) is 7.73. The van der Waals surface area contributed by atoms with Crippen LogP contribution in [0, 0.1) is 0 Å². The fraction of sp³-hybridized carbons (Fsp3) is 0.222. The highest BCUT2D eigenvalue weighted by atomic mass is 16.5. The minimum atomic E-state index is -0.595. The number of hydrogen-bond acceptors (Lipinski definition) is 4.